The summed E-state index contributed by atoms with van der Waals surface area (Å²) >= 11 is 0. The van der Waals surface area contributed by atoms with Gasteiger partial charge in [-0.15, -0.1) is 0 Å². The van der Waals surface area contributed by atoms with Crippen molar-refractivity contribution in [3.05, 3.63) is 47.5 Å². The summed E-state index contributed by atoms with van der Waals surface area (Å²) in [4.78, 5) is 51.9. The largest absolute Gasteiger partial charge is 1.00 e. The minimum absolute atomic E-state index is 0. The molecule has 0 aliphatic heterocycles. The van der Waals surface area contributed by atoms with E-state index in [1.54, 1.807) is 6.92 Å². The quantitative estimate of drug-likeness (QED) is 0.313. The average Bonchev–Trinajstić information content (AvgIpc) is 3.70. The first-order chi connectivity index (χ1) is 16.2. The van der Waals surface area contributed by atoms with Crippen LogP contribution in [0.25, 0.3) is 0 Å². The van der Waals surface area contributed by atoms with E-state index >= 15 is 0 Å². The molecular formula is C23H29F2LiN4O8. The maximum absolute atomic E-state index is 13.4. The van der Waals surface area contributed by atoms with Gasteiger partial charge in [-0.25, -0.2) is 28.3 Å². The molecule has 0 atom stereocenters. The number of carbonyl (C=O) groups excluding carboxylic acids is 3. The maximum atomic E-state index is 13.4. The number of carboxylic acids is 1. The number of amides is 2. The van der Waals surface area contributed by atoms with Gasteiger partial charge in [0.2, 0.25) is 11.8 Å². The van der Waals surface area contributed by atoms with Crippen molar-refractivity contribution in [1.29, 1.82) is 0 Å². The van der Waals surface area contributed by atoms with E-state index in [2.05, 4.69) is 20.6 Å². The van der Waals surface area contributed by atoms with Crippen molar-refractivity contribution in [2.75, 3.05) is 17.2 Å². The first-order valence-corrected chi connectivity index (χ1v) is 10.5. The number of esters is 1. The number of nitrogens with zero attached hydrogens (tertiary/aromatic N) is 2. The molecule has 0 aromatic carbocycles. The summed E-state index contributed by atoms with van der Waals surface area (Å²) < 4.78 is 31.4. The van der Waals surface area contributed by atoms with E-state index in [4.69, 9.17) is 9.84 Å². The number of carboxylic acid groups (broad SMARTS) is 1. The van der Waals surface area contributed by atoms with Gasteiger partial charge in [0.1, 0.15) is 5.69 Å². The van der Waals surface area contributed by atoms with Gasteiger partial charge in [0, 0.05) is 11.8 Å². The molecule has 2 aromatic heterocycles. The normalized spacial score (nSPS) is 12.8. The van der Waals surface area contributed by atoms with Crippen LogP contribution in [0.4, 0.5) is 20.2 Å². The van der Waals surface area contributed by atoms with E-state index in [1.807, 2.05) is 0 Å². The van der Waals surface area contributed by atoms with E-state index < -0.39 is 23.6 Å². The van der Waals surface area contributed by atoms with Gasteiger partial charge < -0.3 is 31.4 Å². The Morgan fingerprint density at radius 1 is 0.921 bits per heavy atom. The molecule has 6 N–H and O–H groups in total. The monoisotopic (exact) mass is 534 g/mol. The first-order valence-electron chi connectivity index (χ1n) is 10.5. The molecule has 204 valence electrons. The van der Waals surface area contributed by atoms with Gasteiger partial charge in [-0.05, 0) is 44.7 Å². The Hall–Kier alpha value is -3.44. The third-order valence-corrected chi connectivity index (χ3v) is 4.83. The summed E-state index contributed by atoms with van der Waals surface area (Å²) in [6, 6.07) is 2.20. The molecule has 2 heterocycles. The van der Waals surface area contributed by atoms with Crippen molar-refractivity contribution in [3.63, 3.8) is 0 Å². The fraction of sp³-hybridized carbons (Fsp3) is 0.391. The fourth-order valence-electron chi connectivity index (χ4n) is 2.66. The molecule has 0 spiro atoms. The van der Waals surface area contributed by atoms with Crippen LogP contribution in [0.2, 0.25) is 0 Å². The number of aromatic carboxylic acids is 1. The van der Waals surface area contributed by atoms with Crippen molar-refractivity contribution < 1.29 is 67.6 Å². The third kappa shape index (κ3) is 10.5. The average molecular weight is 534 g/mol. The van der Waals surface area contributed by atoms with Crippen LogP contribution in [0.1, 0.15) is 61.0 Å². The zero-order chi connectivity index (χ0) is 24.8. The second kappa shape index (κ2) is 16.4. The molecule has 2 aliphatic carbocycles. The van der Waals surface area contributed by atoms with E-state index in [1.165, 1.54) is 6.07 Å². The molecular weight excluding hydrogens is 505 g/mol. The summed E-state index contributed by atoms with van der Waals surface area (Å²) in [6.07, 6.45) is 4.92. The number of rotatable bonds is 7. The van der Waals surface area contributed by atoms with Crippen LogP contribution in [0, 0.1) is 23.5 Å². The Labute approximate surface area is 229 Å². The zero-order valence-corrected chi connectivity index (χ0v) is 20.1. The second-order valence-corrected chi connectivity index (χ2v) is 7.65. The van der Waals surface area contributed by atoms with Crippen LogP contribution in [0.5, 0.6) is 0 Å². The SMILES string of the molecule is C.CCOC(=O)c1cc(NC(=O)C2CC2)c(F)cn1.O.O=C(O)c1cc(NC(=O)C2CC2)c(F)cn1.[Li+].[OH-]. The smallest absolute Gasteiger partial charge is 0.870 e. The van der Waals surface area contributed by atoms with Crippen molar-refractivity contribution >= 4 is 35.1 Å². The number of pyridine rings is 2. The van der Waals surface area contributed by atoms with Gasteiger partial charge in [0.05, 0.1) is 30.4 Å². The molecule has 2 aromatic rings. The summed E-state index contributed by atoms with van der Waals surface area (Å²) in [5, 5.41) is 13.5. The number of hydrogen-bond donors (Lipinski definition) is 3. The molecule has 2 aliphatic rings. The van der Waals surface area contributed by atoms with E-state index in [0.717, 1.165) is 44.1 Å². The minimum Gasteiger partial charge on any atom is -0.870 e. The molecule has 2 fully saturated rings. The number of aromatic nitrogens is 2. The number of anilines is 2. The predicted octanol–water partition coefficient (Wildman–Crippen LogP) is -0.348. The van der Waals surface area contributed by atoms with Crippen LogP contribution in [0.15, 0.2) is 24.5 Å². The Balaban J connectivity index is 0. The fourth-order valence-corrected chi connectivity index (χ4v) is 2.66. The van der Waals surface area contributed by atoms with Crippen LogP contribution >= 0.6 is 0 Å². The summed E-state index contributed by atoms with van der Waals surface area (Å²) in [7, 11) is 0. The van der Waals surface area contributed by atoms with Gasteiger partial charge in [-0.2, -0.15) is 0 Å². The minimum atomic E-state index is -1.26. The van der Waals surface area contributed by atoms with Gasteiger partial charge >= 0.3 is 30.8 Å². The summed E-state index contributed by atoms with van der Waals surface area (Å²) in [6.45, 7) is 1.87. The summed E-state index contributed by atoms with van der Waals surface area (Å²) in [5.41, 5.74) is -0.494. The van der Waals surface area contributed by atoms with Crippen LogP contribution < -0.4 is 29.5 Å². The molecule has 0 bridgehead atoms. The van der Waals surface area contributed by atoms with Gasteiger partial charge in [0.25, 0.3) is 0 Å². The molecule has 0 unspecified atom stereocenters. The summed E-state index contributed by atoms with van der Waals surface area (Å²) in [5.74, 6) is -3.92. The van der Waals surface area contributed by atoms with Crippen molar-refractivity contribution in [2.24, 2.45) is 11.8 Å². The van der Waals surface area contributed by atoms with E-state index in [0.29, 0.717) is 0 Å². The van der Waals surface area contributed by atoms with Crippen molar-refractivity contribution in [1.82, 2.24) is 9.97 Å². The number of halogens is 2. The Morgan fingerprint density at radius 2 is 1.32 bits per heavy atom. The first kappa shape index (κ1) is 36.7. The van der Waals surface area contributed by atoms with Crippen molar-refractivity contribution in [3.8, 4) is 0 Å². The molecule has 0 saturated heterocycles. The standard InChI is InChI=1S/C12H13FN2O3.C10H9FN2O3.CH4.Li.2H2O/c1-2-18-12(17)10-5-9(8(13)6-14-10)15-11(16)7-3-4-7;11-6-4-12-8(10(15)16)3-7(6)13-9(14)5-1-2-5;;;;/h5-7H,2-4H2,1H3,(H,14,15,16);3-5H,1-2H2,(H,15,16)(H,12,13,14);1H4;;2*1H2/q;;;+1;;/p-1. The third-order valence-electron chi connectivity index (χ3n) is 4.83. The number of ether oxygens (including phenoxy) is 1. The molecule has 12 nitrogen and oxygen atoms in total. The van der Waals surface area contributed by atoms with Crippen LogP contribution in [-0.4, -0.2) is 56.4 Å². The molecule has 38 heavy (non-hydrogen) atoms. The molecule has 2 saturated carbocycles. The Kier molecular flexibility index (Phi) is 15.9. The second-order valence-electron chi connectivity index (χ2n) is 7.65. The van der Waals surface area contributed by atoms with Crippen LogP contribution in [0.3, 0.4) is 0 Å². The zero-order valence-electron chi connectivity index (χ0n) is 20.1. The number of carbonyl (C=O) groups is 4. The molecule has 4 rings (SSSR count). The molecule has 2 amide bonds. The topological polar surface area (TPSA) is 209 Å². The van der Waals surface area contributed by atoms with Crippen LogP contribution in [-0.2, 0) is 14.3 Å². The Morgan fingerprint density at radius 3 is 1.68 bits per heavy atom. The van der Waals surface area contributed by atoms with Gasteiger partial charge in [-0.3, -0.25) is 9.59 Å². The molecule has 15 heteroatoms. The number of hydrogen-bond acceptors (Lipinski definition) is 8. The predicted molar refractivity (Wildman–Crippen MR) is 126 cm³/mol. The van der Waals surface area contributed by atoms with E-state index in [-0.39, 0.29) is 90.3 Å². The molecule has 0 radical (unpaired) electrons. The van der Waals surface area contributed by atoms with E-state index in [9.17, 15) is 28.0 Å². The Bertz CT molecular complexity index is 1130. The van der Waals surface area contributed by atoms with Crippen molar-refractivity contribution in [2.45, 2.75) is 40.0 Å². The van der Waals surface area contributed by atoms with Gasteiger partial charge in [0.15, 0.2) is 17.3 Å². The maximum Gasteiger partial charge on any atom is 1.00 e. The number of nitrogens with one attached hydrogen (secondary N) is 2. The van der Waals surface area contributed by atoms with Gasteiger partial charge in [-0.1, -0.05) is 7.43 Å².